The molecule has 3 amide bonds. The van der Waals surface area contributed by atoms with Crippen LogP contribution in [0.4, 0.5) is 9.59 Å². The highest BCUT2D eigenvalue weighted by atomic mass is 16.6. The third kappa shape index (κ3) is 4.11. The topological polar surface area (TPSA) is 61.9 Å². The van der Waals surface area contributed by atoms with E-state index in [1.54, 1.807) is 4.90 Å². The molecule has 0 aliphatic carbocycles. The van der Waals surface area contributed by atoms with E-state index < -0.39 is 0 Å². The summed E-state index contributed by atoms with van der Waals surface area (Å²) in [6.07, 6.45) is 1.19. The quantitative estimate of drug-likeness (QED) is 0.886. The fraction of sp³-hybridized carbons (Fsp3) is 0.364. The predicted molar refractivity (Wildman–Crippen MR) is 106 cm³/mol. The summed E-state index contributed by atoms with van der Waals surface area (Å²) in [5, 5.41) is 3.17. The summed E-state index contributed by atoms with van der Waals surface area (Å²) >= 11 is 0. The van der Waals surface area contributed by atoms with E-state index in [1.807, 2.05) is 65.6 Å². The van der Waals surface area contributed by atoms with Crippen LogP contribution in [0.15, 0.2) is 60.7 Å². The van der Waals surface area contributed by atoms with Gasteiger partial charge in [-0.25, -0.2) is 9.59 Å². The molecule has 0 unspecified atom stereocenters. The summed E-state index contributed by atoms with van der Waals surface area (Å²) in [6.45, 7) is 2.74. The number of nitrogens with one attached hydrogen (secondary N) is 1. The van der Waals surface area contributed by atoms with Crippen LogP contribution < -0.4 is 5.32 Å². The second kappa shape index (κ2) is 7.92. The van der Waals surface area contributed by atoms with Gasteiger partial charge in [-0.3, -0.25) is 0 Å². The molecule has 2 aliphatic rings. The lowest BCUT2D eigenvalue weighted by Crippen LogP contribution is -2.53. The third-order valence-corrected chi connectivity index (χ3v) is 5.55. The molecule has 2 fully saturated rings. The van der Waals surface area contributed by atoms with Crippen molar-refractivity contribution in [3.63, 3.8) is 0 Å². The molecule has 1 N–H and O–H groups in total. The highest BCUT2D eigenvalue weighted by Crippen LogP contribution is 2.29. The van der Waals surface area contributed by atoms with Crippen molar-refractivity contribution in [2.24, 2.45) is 0 Å². The molecule has 2 heterocycles. The van der Waals surface area contributed by atoms with E-state index in [-0.39, 0.29) is 24.3 Å². The smallest absolute Gasteiger partial charge is 0.410 e. The standard InChI is InChI=1S/C22H25N3O3/c26-20-23-22(17-25(20)15-18-7-3-1-4-8-18)11-13-24(14-12-22)21(27)28-16-19-9-5-2-6-10-19/h1-10H,11-17H2,(H,23,26). The molecule has 0 saturated carbocycles. The molecule has 2 aliphatic heterocycles. The van der Waals surface area contributed by atoms with Gasteiger partial charge in [-0.05, 0) is 24.0 Å². The Hall–Kier alpha value is -3.02. The molecule has 28 heavy (non-hydrogen) atoms. The zero-order chi connectivity index (χ0) is 19.4. The van der Waals surface area contributed by atoms with E-state index in [9.17, 15) is 9.59 Å². The lowest BCUT2D eigenvalue weighted by Gasteiger charge is -2.38. The first-order chi connectivity index (χ1) is 13.6. The van der Waals surface area contributed by atoms with Gasteiger partial charge in [-0.15, -0.1) is 0 Å². The van der Waals surface area contributed by atoms with Crippen LogP contribution in [-0.4, -0.2) is 47.1 Å². The van der Waals surface area contributed by atoms with Crippen molar-refractivity contribution in [3.05, 3.63) is 71.8 Å². The lowest BCUT2D eigenvalue weighted by molar-refractivity contribution is 0.0759. The molecule has 0 aromatic heterocycles. The molecule has 0 bridgehead atoms. The Bertz CT molecular complexity index is 817. The van der Waals surface area contributed by atoms with Gasteiger partial charge in [0.2, 0.25) is 0 Å². The normalized spacial score (nSPS) is 18.2. The van der Waals surface area contributed by atoms with Crippen LogP contribution in [0.2, 0.25) is 0 Å². The number of carbonyl (C=O) groups excluding carboxylic acids is 2. The Morgan fingerprint density at radius 2 is 1.57 bits per heavy atom. The van der Waals surface area contributed by atoms with Crippen molar-refractivity contribution in [2.45, 2.75) is 31.5 Å². The summed E-state index contributed by atoms with van der Waals surface area (Å²) < 4.78 is 5.43. The van der Waals surface area contributed by atoms with Gasteiger partial charge in [-0.2, -0.15) is 0 Å². The van der Waals surface area contributed by atoms with Crippen LogP contribution in [0, 0.1) is 0 Å². The molecular formula is C22H25N3O3. The minimum absolute atomic E-state index is 0.0241. The molecule has 146 valence electrons. The van der Waals surface area contributed by atoms with Gasteiger partial charge in [0.25, 0.3) is 0 Å². The number of carbonyl (C=O) groups is 2. The van der Waals surface area contributed by atoms with E-state index in [4.69, 9.17) is 4.74 Å². The monoisotopic (exact) mass is 379 g/mol. The van der Waals surface area contributed by atoms with E-state index >= 15 is 0 Å². The molecule has 2 saturated heterocycles. The number of piperidine rings is 1. The maximum atomic E-state index is 12.4. The number of nitrogens with zero attached hydrogens (tertiary/aromatic N) is 2. The Balaban J connectivity index is 1.28. The molecule has 0 radical (unpaired) electrons. The number of likely N-dealkylation sites (tertiary alicyclic amines) is 1. The second-order valence-electron chi connectivity index (χ2n) is 7.58. The number of benzene rings is 2. The Morgan fingerprint density at radius 1 is 0.964 bits per heavy atom. The van der Waals surface area contributed by atoms with Gasteiger partial charge in [0, 0.05) is 26.2 Å². The minimum atomic E-state index is -0.288. The molecule has 4 rings (SSSR count). The van der Waals surface area contributed by atoms with Gasteiger partial charge >= 0.3 is 12.1 Å². The van der Waals surface area contributed by atoms with E-state index in [1.165, 1.54) is 0 Å². The SMILES string of the molecule is O=C1NC2(CCN(C(=O)OCc3ccccc3)CC2)CN1Cc1ccccc1. The molecule has 6 heteroatoms. The van der Waals surface area contributed by atoms with Crippen molar-refractivity contribution in [1.29, 1.82) is 0 Å². The summed E-state index contributed by atoms with van der Waals surface area (Å²) in [5.74, 6) is 0. The van der Waals surface area contributed by atoms with Crippen molar-refractivity contribution < 1.29 is 14.3 Å². The van der Waals surface area contributed by atoms with Crippen molar-refractivity contribution in [2.75, 3.05) is 19.6 Å². The van der Waals surface area contributed by atoms with E-state index in [0.29, 0.717) is 26.2 Å². The van der Waals surface area contributed by atoms with Gasteiger partial charge in [0.15, 0.2) is 0 Å². The van der Waals surface area contributed by atoms with Crippen LogP contribution in [-0.2, 0) is 17.9 Å². The van der Waals surface area contributed by atoms with Crippen LogP contribution in [0.3, 0.4) is 0 Å². The molecule has 1 spiro atoms. The average molecular weight is 379 g/mol. The maximum absolute atomic E-state index is 12.4. The van der Waals surface area contributed by atoms with Crippen molar-refractivity contribution in [1.82, 2.24) is 15.1 Å². The largest absolute Gasteiger partial charge is 0.445 e. The highest BCUT2D eigenvalue weighted by molar-refractivity contribution is 5.78. The van der Waals surface area contributed by atoms with Crippen LogP contribution in [0.5, 0.6) is 0 Å². The summed E-state index contributed by atoms with van der Waals surface area (Å²) in [6, 6.07) is 19.7. The Morgan fingerprint density at radius 3 is 2.21 bits per heavy atom. The number of urea groups is 1. The van der Waals surface area contributed by atoms with Gasteiger partial charge in [0.1, 0.15) is 6.61 Å². The predicted octanol–water partition coefficient (Wildman–Crippen LogP) is 3.38. The van der Waals surface area contributed by atoms with Crippen molar-refractivity contribution >= 4 is 12.1 Å². The molecule has 0 atom stereocenters. The van der Waals surface area contributed by atoms with E-state index in [2.05, 4.69) is 5.32 Å². The number of hydrogen-bond donors (Lipinski definition) is 1. The first-order valence-electron chi connectivity index (χ1n) is 9.70. The first kappa shape index (κ1) is 18.3. The highest BCUT2D eigenvalue weighted by Gasteiger charge is 2.45. The summed E-state index contributed by atoms with van der Waals surface area (Å²) in [4.78, 5) is 28.4. The molecule has 6 nitrogen and oxygen atoms in total. The number of ether oxygens (including phenoxy) is 1. The van der Waals surface area contributed by atoms with Gasteiger partial charge in [-0.1, -0.05) is 60.7 Å². The average Bonchev–Trinajstić information content (AvgIpc) is 3.02. The fourth-order valence-electron chi connectivity index (χ4n) is 3.93. The van der Waals surface area contributed by atoms with E-state index in [0.717, 1.165) is 24.0 Å². The first-order valence-corrected chi connectivity index (χ1v) is 9.70. The van der Waals surface area contributed by atoms with Crippen LogP contribution in [0.1, 0.15) is 24.0 Å². The van der Waals surface area contributed by atoms with Gasteiger partial charge < -0.3 is 19.9 Å². The minimum Gasteiger partial charge on any atom is -0.445 e. The number of amides is 3. The zero-order valence-electron chi connectivity index (χ0n) is 15.8. The molecule has 2 aromatic carbocycles. The van der Waals surface area contributed by atoms with Gasteiger partial charge in [0.05, 0.1) is 5.54 Å². The Labute approximate surface area is 165 Å². The second-order valence-corrected chi connectivity index (χ2v) is 7.58. The van der Waals surface area contributed by atoms with Crippen LogP contribution in [0.25, 0.3) is 0 Å². The van der Waals surface area contributed by atoms with Crippen molar-refractivity contribution in [3.8, 4) is 0 Å². The summed E-state index contributed by atoms with van der Waals surface area (Å²) in [7, 11) is 0. The summed E-state index contributed by atoms with van der Waals surface area (Å²) in [5.41, 5.74) is 1.85. The lowest BCUT2D eigenvalue weighted by atomic mass is 9.88. The Kier molecular flexibility index (Phi) is 5.19. The molecular weight excluding hydrogens is 354 g/mol. The zero-order valence-corrected chi connectivity index (χ0v) is 15.8. The maximum Gasteiger partial charge on any atom is 0.410 e. The fourth-order valence-corrected chi connectivity index (χ4v) is 3.93. The van der Waals surface area contributed by atoms with Crippen LogP contribution >= 0.6 is 0 Å². The third-order valence-electron chi connectivity index (χ3n) is 5.55. The number of rotatable bonds is 4. The number of hydrogen-bond acceptors (Lipinski definition) is 3. The molecule has 2 aromatic rings.